The summed E-state index contributed by atoms with van der Waals surface area (Å²) in [6.07, 6.45) is -4.11. The fourth-order valence-electron chi connectivity index (χ4n) is 2.10. The molecule has 0 aromatic heterocycles. The number of hydrogen-bond donors (Lipinski definition) is 2. The second kappa shape index (κ2) is 11.6. The maximum Gasteiger partial charge on any atom is 0.390 e. The number of rotatable bonds is 10. The lowest BCUT2D eigenvalue weighted by Gasteiger charge is -2.12. The summed E-state index contributed by atoms with van der Waals surface area (Å²) in [5.41, 5.74) is 0.957. The number of aliphatic imine (C=N–C) groups is 1. The van der Waals surface area contributed by atoms with Gasteiger partial charge in [-0.05, 0) is 45.1 Å². The first kappa shape index (κ1) is 22.1. The van der Waals surface area contributed by atoms with Crippen LogP contribution in [-0.4, -0.2) is 57.4 Å². The van der Waals surface area contributed by atoms with Crippen LogP contribution in [0.4, 0.5) is 13.2 Å². The van der Waals surface area contributed by atoms with Crippen molar-refractivity contribution in [3.05, 3.63) is 29.8 Å². The Kier molecular flexibility index (Phi) is 9.87. The van der Waals surface area contributed by atoms with Crippen molar-refractivity contribution in [2.75, 3.05) is 40.3 Å². The topological polar surface area (TPSA) is 48.9 Å². The first-order valence-electron chi connectivity index (χ1n) is 8.75. The monoisotopic (exact) mass is 374 g/mol. The van der Waals surface area contributed by atoms with Gasteiger partial charge < -0.3 is 20.3 Å². The van der Waals surface area contributed by atoms with Crippen LogP contribution in [0.25, 0.3) is 0 Å². The zero-order chi connectivity index (χ0) is 19.4. The highest BCUT2D eigenvalue weighted by atomic mass is 19.4. The molecule has 1 aromatic carbocycles. The van der Waals surface area contributed by atoms with Gasteiger partial charge in [-0.25, -0.2) is 4.99 Å². The first-order valence-corrected chi connectivity index (χ1v) is 8.75. The second-order valence-corrected chi connectivity index (χ2v) is 6.14. The van der Waals surface area contributed by atoms with Gasteiger partial charge in [0.15, 0.2) is 5.96 Å². The van der Waals surface area contributed by atoms with Crippen molar-refractivity contribution in [3.8, 4) is 5.75 Å². The van der Waals surface area contributed by atoms with Crippen molar-refractivity contribution in [3.63, 3.8) is 0 Å². The molecular formula is C18H29F3N4O. The van der Waals surface area contributed by atoms with Crippen LogP contribution < -0.4 is 15.4 Å². The molecule has 8 heteroatoms. The SMILES string of the molecule is CCNC(=NCc1ccc(OCCCN(C)C)cc1)NCCC(F)(F)F. The van der Waals surface area contributed by atoms with Crippen molar-refractivity contribution >= 4 is 5.96 Å². The normalized spacial score (nSPS) is 12.3. The number of guanidine groups is 1. The molecule has 0 heterocycles. The maximum absolute atomic E-state index is 12.2. The molecule has 0 amide bonds. The van der Waals surface area contributed by atoms with Crippen molar-refractivity contribution < 1.29 is 17.9 Å². The van der Waals surface area contributed by atoms with Crippen LogP contribution in [0.2, 0.25) is 0 Å². The van der Waals surface area contributed by atoms with E-state index in [1.54, 1.807) is 0 Å². The molecule has 1 aromatic rings. The van der Waals surface area contributed by atoms with E-state index in [-0.39, 0.29) is 6.54 Å². The van der Waals surface area contributed by atoms with E-state index in [0.717, 1.165) is 24.3 Å². The molecule has 5 nitrogen and oxygen atoms in total. The van der Waals surface area contributed by atoms with Gasteiger partial charge in [-0.2, -0.15) is 13.2 Å². The standard InChI is InChI=1S/C18H29F3N4O/c1-4-22-17(23-11-10-18(19,20)21)24-14-15-6-8-16(9-7-15)26-13-5-12-25(2)3/h6-9H,4-5,10-14H2,1-3H3,(H2,22,23,24). The van der Waals surface area contributed by atoms with Crippen LogP contribution >= 0.6 is 0 Å². The third-order valence-electron chi connectivity index (χ3n) is 3.41. The van der Waals surface area contributed by atoms with E-state index in [1.165, 1.54) is 0 Å². The van der Waals surface area contributed by atoms with Crippen molar-refractivity contribution in [1.29, 1.82) is 0 Å². The molecule has 2 N–H and O–H groups in total. The summed E-state index contributed by atoms with van der Waals surface area (Å²) in [7, 11) is 4.05. The largest absolute Gasteiger partial charge is 0.494 e. The van der Waals surface area contributed by atoms with Crippen molar-refractivity contribution in [2.45, 2.75) is 32.5 Å². The number of hydrogen-bond acceptors (Lipinski definition) is 3. The lowest BCUT2D eigenvalue weighted by Crippen LogP contribution is -2.38. The van der Waals surface area contributed by atoms with Gasteiger partial charge in [0, 0.05) is 19.6 Å². The first-order chi connectivity index (χ1) is 12.3. The molecule has 0 fully saturated rings. The summed E-state index contributed by atoms with van der Waals surface area (Å²) in [4.78, 5) is 6.41. The van der Waals surface area contributed by atoms with Gasteiger partial charge >= 0.3 is 6.18 Å². The van der Waals surface area contributed by atoms with E-state index in [2.05, 4.69) is 20.5 Å². The van der Waals surface area contributed by atoms with Gasteiger partial charge in [-0.3, -0.25) is 0 Å². The third-order valence-corrected chi connectivity index (χ3v) is 3.41. The van der Waals surface area contributed by atoms with Gasteiger partial charge in [0.05, 0.1) is 19.6 Å². The van der Waals surface area contributed by atoms with E-state index < -0.39 is 12.6 Å². The van der Waals surface area contributed by atoms with E-state index in [0.29, 0.717) is 25.7 Å². The van der Waals surface area contributed by atoms with E-state index in [4.69, 9.17) is 4.74 Å². The number of ether oxygens (including phenoxy) is 1. The minimum Gasteiger partial charge on any atom is -0.494 e. The molecule has 0 aliphatic carbocycles. The predicted octanol–water partition coefficient (Wildman–Crippen LogP) is 3.02. The Morgan fingerprint density at radius 3 is 2.42 bits per heavy atom. The number of nitrogens with zero attached hydrogens (tertiary/aromatic N) is 2. The quantitative estimate of drug-likeness (QED) is 0.376. The molecule has 1 rings (SSSR count). The summed E-state index contributed by atoms with van der Waals surface area (Å²) < 4.78 is 42.3. The highest BCUT2D eigenvalue weighted by molar-refractivity contribution is 5.79. The van der Waals surface area contributed by atoms with Crippen molar-refractivity contribution in [1.82, 2.24) is 15.5 Å². The number of benzene rings is 1. The van der Waals surface area contributed by atoms with Crippen LogP contribution in [0.15, 0.2) is 29.3 Å². The molecular weight excluding hydrogens is 345 g/mol. The molecule has 0 radical (unpaired) electrons. The Labute approximate surface area is 153 Å². The fourth-order valence-corrected chi connectivity index (χ4v) is 2.10. The van der Waals surface area contributed by atoms with Gasteiger partial charge in [0.2, 0.25) is 0 Å². The summed E-state index contributed by atoms with van der Waals surface area (Å²) in [6, 6.07) is 7.57. The molecule has 0 aliphatic heterocycles. The number of nitrogens with one attached hydrogen (secondary N) is 2. The summed E-state index contributed by atoms with van der Waals surface area (Å²) >= 11 is 0. The van der Waals surface area contributed by atoms with Crippen LogP contribution in [0.3, 0.4) is 0 Å². The molecule has 0 saturated heterocycles. The Morgan fingerprint density at radius 1 is 1.15 bits per heavy atom. The second-order valence-electron chi connectivity index (χ2n) is 6.14. The molecule has 0 atom stereocenters. The summed E-state index contributed by atoms with van der Waals surface area (Å²) in [5.74, 6) is 1.17. The van der Waals surface area contributed by atoms with Crippen LogP contribution in [-0.2, 0) is 6.54 Å². The molecule has 0 unspecified atom stereocenters. The molecule has 0 aliphatic rings. The van der Waals surface area contributed by atoms with E-state index >= 15 is 0 Å². The molecule has 148 valence electrons. The lowest BCUT2D eigenvalue weighted by molar-refractivity contribution is -0.132. The molecule has 0 spiro atoms. The Morgan fingerprint density at radius 2 is 1.85 bits per heavy atom. The van der Waals surface area contributed by atoms with Crippen LogP contribution in [0, 0.1) is 0 Å². The average molecular weight is 374 g/mol. The lowest BCUT2D eigenvalue weighted by atomic mass is 10.2. The third kappa shape index (κ3) is 10.8. The van der Waals surface area contributed by atoms with Gasteiger partial charge in [0.1, 0.15) is 5.75 Å². The minimum absolute atomic E-state index is 0.199. The van der Waals surface area contributed by atoms with Crippen LogP contribution in [0.5, 0.6) is 5.75 Å². The Bertz CT molecular complexity index is 530. The van der Waals surface area contributed by atoms with Crippen molar-refractivity contribution in [2.24, 2.45) is 4.99 Å². The van der Waals surface area contributed by atoms with Crippen LogP contribution in [0.1, 0.15) is 25.3 Å². The molecule has 0 bridgehead atoms. The average Bonchev–Trinajstić information content (AvgIpc) is 2.56. The number of alkyl halides is 3. The fraction of sp³-hybridized carbons (Fsp3) is 0.611. The smallest absolute Gasteiger partial charge is 0.390 e. The van der Waals surface area contributed by atoms with Gasteiger partial charge in [-0.1, -0.05) is 12.1 Å². The van der Waals surface area contributed by atoms with E-state index in [1.807, 2.05) is 45.3 Å². The maximum atomic E-state index is 12.2. The zero-order valence-corrected chi connectivity index (χ0v) is 15.7. The highest BCUT2D eigenvalue weighted by Crippen LogP contribution is 2.18. The highest BCUT2D eigenvalue weighted by Gasteiger charge is 2.26. The Balaban J connectivity index is 2.45. The number of halogens is 3. The minimum atomic E-state index is -4.17. The van der Waals surface area contributed by atoms with Gasteiger partial charge in [0.25, 0.3) is 0 Å². The molecule has 0 saturated carbocycles. The summed E-state index contributed by atoms with van der Waals surface area (Å²) in [5, 5.41) is 5.63. The Hall–Kier alpha value is -1.96. The van der Waals surface area contributed by atoms with Gasteiger partial charge in [-0.15, -0.1) is 0 Å². The molecule has 26 heavy (non-hydrogen) atoms. The predicted molar refractivity (Wildman–Crippen MR) is 98.6 cm³/mol. The van der Waals surface area contributed by atoms with E-state index in [9.17, 15) is 13.2 Å². The summed E-state index contributed by atoms with van der Waals surface area (Å²) in [6.45, 7) is 4.25. The zero-order valence-electron chi connectivity index (χ0n) is 15.7.